The molecule has 5 heteroatoms. The van der Waals surface area contributed by atoms with Crippen molar-refractivity contribution in [3.05, 3.63) is 59.7 Å². The smallest absolute Gasteiger partial charge is 0.224 e. The van der Waals surface area contributed by atoms with Gasteiger partial charge in [-0.15, -0.1) is 0 Å². The number of phenols is 1. The van der Waals surface area contributed by atoms with Crippen LogP contribution in [0.4, 0.5) is 5.69 Å². The third-order valence-corrected chi connectivity index (χ3v) is 4.58. The van der Waals surface area contributed by atoms with Gasteiger partial charge in [-0.1, -0.05) is 24.3 Å². The molecule has 0 spiro atoms. The van der Waals surface area contributed by atoms with Crippen LogP contribution >= 0.6 is 0 Å². The molecule has 0 saturated carbocycles. The Balaban J connectivity index is 1.38. The fourth-order valence-corrected chi connectivity index (χ4v) is 3.08. The maximum Gasteiger partial charge on any atom is 0.224 e. The molecule has 26 heavy (non-hydrogen) atoms. The Bertz CT molecular complexity index is 692. The molecule has 2 aromatic carbocycles. The van der Waals surface area contributed by atoms with E-state index in [-0.39, 0.29) is 11.7 Å². The summed E-state index contributed by atoms with van der Waals surface area (Å²) in [5, 5.41) is 12.2. The molecule has 0 bridgehead atoms. The maximum absolute atomic E-state index is 12.1. The van der Waals surface area contributed by atoms with Crippen LogP contribution in [0.5, 0.6) is 5.75 Å². The van der Waals surface area contributed by atoms with E-state index < -0.39 is 0 Å². The standard InChI is InChI=1S/C21H26N2O3/c24-20-9-5-17(6-10-20)2-1-11-22-21(25)16-18-3-7-19(8-4-18)23-12-14-26-15-13-23/h3-10,24H,1-2,11-16H2,(H,22,25). The molecule has 0 radical (unpaired) electrons. The summed E-state index contributed by atoms with van der Waals surface area (Å²) < 4.78 is 5.37. The number of carbonyl (C=O) groups excluding carboxylic acids is 1. The molecule has 1 heterocycles. The molecule has 0 aliphatic carbocycles. The number of benzene rings is 2. The van der Waals surface area contributed by atoms with Crippen molar-refractivity contribution in [2.75, 3.05) is 37.7 Å². The molecule has 5 nitrogen and oxygen atoms in total. The van der Waals surface area contributed by atoms with Gasteiger partial charge in [-0.2, -0.15) is 0 Å². The number of hydrogen-bond donors (Lipinski definition) is 2. The molecule has 3 rings (SSSR count). The zero-order valence-corrected chi connectivity index (χ0v) is 15.0. The molecule has 0 aromatic heterocycles. The van der Waals surface area contributed by atoms with Crippen LogP contribution in [0.3, 0.4) is 0 Å². The lowest BCUT2D eigenvalue weighted by atomic mass is 10.1. The van der Waals surface area contributed by atoms with E-state index in [1.54, 1.807) is 12.1 Å². The van der Waals surface area contributed by atoms with Gasteiger partial charge in [0.2, 0.25) is 5.91 Å². The minimum absolute atomic E-state index is 0.0508. The minimum atomic E-state index is 0.0508. The van der Waals surface area contributed by atoms with E-state index in [0.29, 0.717) is 13.0 Å². The summed E-state index contributed by atoms with van der Waals surface area (Å²) in [5.41, 5.74) is 3.38. The number of morpholine rings is 1. The Labute approximate surface area is 154 Å². The van der Waals surface area contributed by atoms with Gasteiger partial charge in [-0.25, -0.2) is 0 Å². The SMILES string of the molecule is O=C(Cc1ccc(N2CCOCC2)cc1)NCCCc1ccc(O)cc1. The lowest BCUT2D eigenvalue weighted by molar-refractivity contribution is -0.120. The summed E-state index contributed by atoms with van der Waals surface area (Å²) >= 11 is 0. The van der Waals surface area contributed by atoms with Gasteiger partial charge < -0.3 is 20.1 Å². The number of nitrogens with one attached hydrogen (secondary N) is 1. The van der Waals surface area contributed by atoms with E-state index >= 15 is 0 Å². The van der Waals surface area contributed by atoms with E-state index in [1.807, 2.05) is 24.3 Å². The van der Waals surface area contributed by atoms with Crippen LogP contribution in [-0.2, 0) is 22.4 Å². The fraction of sp³-hybridized carbons (Fsp3) is 0.381. The van der Waals surface area contributed by atoms with Gasteiger partial charge in [0.25, 0.3) is 0 Å². The Morgan fingerprint density at radius 3 is 2.35 bits per heavy atom. The Kier molecular flexibility index (Phi) is 6.50. The molecule has 0 atom stereocenters. The lowest BCUT2D eigenvalue weighted by Crippen LogP contribution is -2.36. The number of ether oxygens (including phenoxy) is 1. The zero-order valence-electron chi connectivity index (χ0n) is 15.0. The molecule has 1 aliphatic heterocycles. The molecular weight excluding hydrogens is 328 g/mol. The van der Waals surface area contributed by atoms with Gasteiger partial charge in [0.05, 0.1) is 19.6 Å². The third kappa shape index (κ3) is 5.49. The quantitative estimate of drug-likeness (QED) is 0.750. The maximum atomic E-state index is 12.1. The van der Waals surface area contributed by atoms with Crippen molar-refractivity contribution >= 4 is 11.6 Å². The van der Waals surface area contributed by atoms with Crippen molar-refractivity contribution in [3.8, 4) is 5.75 Å². The minimum Gasteiger partial charge on any atom is -0.508 e. The van der Waals surface area contributed by atoms with Crippen LogP contribution < -0.4 is 10.2 Å². The highest BCUT2D eigenvalue weighted by atomic mass is 16.5. The number of nitrogens with zero attached hydrogens (tertiary/aromatic N) is 1. The number of hydrogen-bond acceptors (Lipinski definition) is 4. The molecule has 2 aromatic rings. The Hall–Kier alpha value is -2.53. The molecule has 1 fully saturated rings. The number of phenolic OH excluding ortho intramolecular Hbond substituents is 1. The number of aromatic hydroxyl groups is 1. The van der Waals surface area contributed by atoms with Gasteiger partial charge >= 0.3 is 0 Å². The number of anilines is 1. The molecule has 1 amide bonds. The molecular formula is C21H26N2O3. The first-order valence-corrected chi connectivity index (χ1v) is 9.17. The van der Waals surface area contributed by atoms with Crippen molar-refractivity contribution in [3.63, 3.8) is 0 Å². The predicted molar refractivity (Wildman–Crippen MR) is 103 cm³/mol. The second-order valence-electron chi connectivity index (χ2n) is 6.56. The number of amides is 1. The Morgan fingerprint density at radius 1 is 1.00 bits per heavy atom. The van der Waals surface area contributed by atoms with Crippen LogP contribution in [0.2, 0.25) is 0 Å². The second kappa shape index (κ2) is 9.25. The normalized spacial score (nSPS) is 14.2. The summed E-state index contributed by atoms with van der Waals surface area (Å²) in [7, 11) is 0. The largest absolute Gasteiger partial charge is 0.508 e. The van der Waals surface area contributed by atoms with Crippen LogP contribution in [0.15, 0.2) is 48.5 Å². The topological polar surface area (TPSA) is 61.8 Å². The van der Waals surface area contributed by atoms with Crippen LogP contribution in [0.25, 0.3) is 0 Å². The molecule has 0 unspecified atom stereocenters. The summed E-state index contributed by atoms with van der Waals surface area (Å²) in [6, 6.07) is 15.4. The van der Waals surface area contributed by atoms with Gasteiger partial charge in [0.15, 0.2) is 0 Å². The van der Waals surface area contributed by atoms with Crippen molar-refractivity contribution in [2.45, 2.75) is 19.3 Å². The predicted octanol–water partition coefficient (Wildman–Crippen LogP) is 2.52. The molecule has 1 saturated heterocycles. The highest BCUT2D eigenvalue weighted by molar-refractivity contribution is 5.78. The van der Waals surface area contributed by atoms with Gasteiger partial charge in [0, 0.05) is 25.3 Å². The first-order valence-electron chi connectivity index (χ1n) is 9.17. The van der Waals surface area contributed by atoms with E-state index in [4.69, 9.17) is 4.74 Å². The highest BCUT2D eigenvalue weighted by Gasteiger charge is 2.11. The van der Waals surface area contributed by atoms with Crippen LogP contribution in [-0.4, -0.2) is 43.9 Å². The van der Waals surface area contributed by atoms with E-state index in [1.165, 1.54) is 5.69 Å². The zero-order chi connectivity index (χ0) is 18.2. The summed E-state index contributed by atoms with van der Waals surface area (Å²) in [6.45, 7) is 4.04. The molecule has 138 valence electrons. The fourth-order valence-electron chi connectivity index (χ4n) is 3.08. The van der Waals surface area contributed by atoms with Gasteiger partial charge in [-0.05, 0) is 48.2 Å². The van der Waals surface area contributed by atoms with Crippen LogP contribution in [0, 0.1) is 0 Å². The second-order valence-corrected chi connectivity index (χ2v) is 6.56. The molecule has 2 N–H and O–H groups in total. The van der Waals surface area contributed by atoms with E-state index in [2.05, 4.69) is 22.3 Å². The van der Waals surface area contributed by atoms with Gasteiger partial charge in [0.1, 0.15) is 5.75 Å². The van der Waals surface area contributed by atoms with Crippen molar-refractivity contribution < 1.29 is 14.6 Å². The first kappa shape index (κ1) is 18.3. The monoisotopic (exact) mass is 354 g/mol. The van der Waals surface area contributed by atoms with Gasteiger partial charge in [-0.3, -0.25) is 4.79 Å². The highest BCUT2D eigenvalue weighted by Crippen LogP contribution is 2.17. The Morgan fingerprint density at radius 2 is 1.65 bits per heavy atom. The average Bonchev–Trinajstić information content (AvgIpc) is 2.68. The number of rotatable bonds is 7. The van der Waals surface area contributed by atoms with Crippen molar-refractivity contribution in [1.82, 2.24) is 5.32 Å². The summed E-state index contributed by atoms with van der Waals surface area (Å²) in [6.07, 6.45) is 2.17. The number of carbonyl (C=O) groups is 1. The average molecular weight is 354 g/mol. The third-order valence-electron chi connectivity index (χ3n) is 4.58. The molecule has 1 aliphatic rings. The van der Waals surface area contributed by atoms with Crippen LogP contribution in [0.1, 0.15) is 17.5 Å². The van der Waals surface area contributed by atoms with E-state index in [0.717, 1.165) is 50.3 Å². The summed E-state index contributed by atoms with van der Waals surface area (Å²) in [4.78, 5) is 14.4. The van der Waals surface area contributed by atoms with Crippen molar-refractivity contribution in [1.29, 1.82) is 0 Å². The lowest BCUT2D eigenvalue weighted by Gasteiger charge is -2.28. The number of aryl methyl sites for hydroxylation is 1. The van der Waals surface area contributed by atoms with Crippen molar-refractivity contribution in [2.24, 2.45) is 0 Å². The first-order chi connectivity index (χ1) is 12.7. The summed E-state index contributed by atoms with van der Waals surface area (Å²) in [5.74, 6) is 0.330. The van der Waals surface area contributed by atoms with E-state index in [9.17, 15) is 9.90 Å².